The van der Waals surface area contributed by atoms with Gasteiger partial charge in [-0.25, -0.2) is 9.59 Å². The van der Waals surface area contributed by atoms with Crippen molar-refractivity contribution in [2.45, 2.75) is 6.92 Å². The molecular formula is C9H11NO4S. The van der Waals surface area contributed by atoms with Gasteiger partial charge in [0.05, 0.1) is 25.0 Å². The number of esters is 2. The summed E-state index contributed by atoms with van der Waals surface area (Å²) >= 11 is 1.06. The van der Waals surface area contributed by atoms with Crippen LogP contribution in [0.2, 0.25) is 0 Å². The maximum Gasteiger partial charge on any atom is 0.350 e. The van der Waals surface area contributed by atoms with Crippen molar-refractivity contribution in [2.24, 2.45) is 0 Å². The molecule has 82 valence electrons. The number of ether oxygens (including phenoxy) is 2. The van der Waals surface area contributed by atoms with Crippen LogP contribution in [0.25, 0.3) is 0 Å². The van der Waals surface area contributed by atoms with Crippen molar-refractivity contribution in [1.82, 2.24) is 0 Å². The largest absolute Gasteiger partial charge is 0.465 e. The van der Waals surface area contributed by atoms with Crippen molar-refractivity contribution in [2.75, 3.05) is 19.5 Å². The van der Waals surface area contributed by atoms with Crippen molar-refractivity contribution in [3.05, 3.63) is 15.8 Å². The summed E-state index contributed by atoms with van der Waals surface area (Å²) in [4.78, 5) is 22.7. The monoisotopic (exact) mass is 229 g/mol. The summed E-state index contributed by atoms with van der Waals surface area (Å²) in [6.07, 6.45) is 0. The number of nitrogens with two attached hydrogens (primary N) is 1. The average Bonchev–Trinajstić information content (AvgIpc) is 2.59. The van der Waals surface area contributed by atoms with Crippen LogP contribution in [0.15, 0.2) is 5.38 Å². The molecular weight excluding hydrogens is 218 g/mol. The number of methoxy groups -OCH3 is 1. The first kappa shape index (κ1) is 11.5. The normalized spacial score (nSPS) is 9.73. The zero-order valence-electron chi connectivity index (χ0n) is 8.40. The summed E-state index contributed by atoms with van der Waals surface area (Å²) in [5.74, 6) is -1.07. The van der Waals surface area contributed by atoms with Crippen molar-refractivity contribution in [1.29, 1.82) is 0 Å². The highest BCUT2D eigenvalue weighted by Crippen LogP contribution is 2.26. The van der Waals surface area contributed by atoms with Crippen LogP contribution in [0.5, 0.6) is 0 Å². The first-order valence-electron chi connectivity index (χ1n) is 4.24. The van der Waals surface area contributed by atoms with Crippen molar-refractivity contribution < 1.29 is 19.1 Å². The summed E-state index contributed by atoms with van der Waals surface area (Å²) in [7, 11) is 1.26. The van der Waals surface area contributed by atoms with Gasteiger partial charge in [-0.2, -0.15) is 0 Å². The Morgan fingerprint density at radius 1 is 1.47 bits per heavy atom. The van der Waals surface area contributed by atoms with E-state index in [1.807, 2.05) is 0 Å². The van der Waals surface area contributed by atoms with Gasteiger partial charge in [-0.05, 0) is 6.92 Å². The van der Waals surface area contributed by atoms with Crippen LogP contribution in [0.1, 0.15) is 27.0 Å². The fourth-order valence-corrected chi connectivity index (χ4v) is 1.86. The van der Waals surface area contributed by atoms with E-state index in [0.29, 0.717) is 0 Å². The lowest BCUT2D eigenvalue weighted by Crippen LogP contribution is -2.08. The van der Waals surface area contributed by atoms with E-state index < -0.39 is 11.9 Å². The Labute approximate surface area is 90.8 Å². The lowest BCUT2D eigenvalue weighted by Gasteiger charge is -2.01. The minimum absolute atomic E-state index is 0.116. The van der Waals surface area contributed by atoms with Crippen LogP contribution < -0.4 is 5.73 Å². The topological polar surface area (TPSA) is 78.6 Å². The van der Waals surface area contributed by atoms with Crippen LogP contribution in [0.4, 0.5) is 5.69 Å². The Balaban J connectivity index is 2.98. The van der Waals surface area contributed by atoms with E-state index in [4.69, 9.17) is 10.5 Å². The summed E-state index contributed by atoms with van der Waals surface area (Å²) in [6.45, 7) is 1.96. The summed E-state index contributed by atoms with van der Waals surface area (Å²) < 4.78 is 9.28. The molecule has 1 rings (SSSR count). The standard InChI is InChI=1S/C9H11NO4S/c1-3-14-8(11)5-4-15-7(6(5)10)9(12)13-2/h4H,3,10H2,1-2H3. The molecule has 0 aromatic carbocycles. The van der Waals surface area contributed by atoms with Crippen LogP contribution >= 0.6 is 11.3 Å². The number of nitrogen functional groups attached to an aromatic ring is 1. The molecule has 2 N–H and O–H groups in total. The summed E-state index contributed by atoms with van der Waals surface area (Å²) in [5.41, 5.74) is 5.95. The Morgan fingerprint density at radius 3 is 2.67 bits per heavy atom. The predicted molar refractivity (Wildman–Crippen MR) is 56.0 cm³/mol. The predicted octanol–water partition coefficient (Wildman–Crippen LogP) is 1.29. The molecule has 0 unspecified atom stereocenters. The first-order valence-corrected chi connectivity index (χ1v) is 5.12. The van der Waals surface area contributed by atoms with Crippen LogP contribution in [0.3, 0.4) is 0 Å². The zero-order valence-corrected chi connectivity index (χ0v) is 9.22. The summed E-state index contributed by atoms with van der Waals surface area (Å²) in [6, 6.07) is 0. The molecule has 0 radical (unpaired) electrons. The van der Waals surface area contributed by atoms with E-state index in [1.165, 1.54) is 12.5 Å². The highest BCUT2D eigenvalue weighted by atomic mass is 32.1. The second kappa shape index (κ2) is 4.79. The lowest BCUT2D eigenvalue weighted by molar-refractivity contribution is 0.0528. The first-order chi connectivity index (χ1) is 7.11. The lowest BCUT2D eigenvalue weighted by atomic mass is 10.2. The number of carbonyl (C=O) groups excluding carboxylic acids is 2. The van der Waals surface area contributed by atoms with Gasteiger partial charge in [0.2, 0.25) is 0 Å². The fourth-order valence-electron chi connectivity index (χ4n) is 0.985. The van der Waals surface area contributed by atoms with E-state index in [2.05, 4.69) is 4.74 Å². The second-order valence-electron chi connectivity index (χ2n) is 2.60. The molecule has 0 fully saturated rings. The highest BCUT2D eigenvalue weighted by Gasteiger charge is 2.20. The molecule has 1 heterocycles. The number of rotatable bonds is 3. The molecule has 1 aromatic rings. The molecule has 0 bridgehead atoms. The van der Waals surface area contributed by atoms with Gasteiger partial charge >= 0.3 is 11.9 Å². The molecule has 6 heteroatoms. The number of hydrogen-bond donors (Lipinski definition) is 1. The number of carbonyl (C=O) groups is 2. The van der Waals surface area contributed by atoms with Gasteiger partial charge in [0.15, 0.2) is 0 Å². The van der Waals surface area contributed by atoms with Gasteiger partial charge in [0.25, 0.3) is 0 Å². The van der Waals surface area contributed by atoms with Crippen molar-refractivity contribution >= 4 is 29.0 Å². The third-order valence-electron chi connectivity index (χ3n) is 1.70. The van der Waals surface area contributed by atoms with Crippen molar-refractivity contribution in [3.8, 4) is 0 Å². The van der Waals surface area contributed by atoms with Gasteiger partial charge in [0.1, 0.15) is 4.88 Å². The second-order valence-corrected chi connectivity index (χ2v) is 3.48. The van der Waals surface area contributed by atoms with Crippen LogP contribution in [0, 0.1) is 0 Å². The van der Waals surface area contributed by atoms with E-state index in [-0.39, 0.29) is 22.7 Å². The van der Waals surface area contributed by atoms with Crippen LogP contribution in [-0.2, 0) is 9.47 Å². The maximum absolute atomic E-state index is 11.3. The quantitative estimate of drug-likeness (QED) is 0.790. The van der Waals surface area contributed by atoms with E-state index in [0.717, 1.165) is 11.3 Å². The molecule has 15 heavy (non-hydrogen) atoms. The molecule has 0 aliphatic heterocycles. The SMILES string of the molecule is CCOC(=O)c1csc(C(=O)OC)c1N. The Bertz CT molecular complexity index is 385. The van der Waals surface area contributed by atoms with Gasteiger partial charge < -0.3 is 15.2 Å². The van der Waals surface area contributed by atoms with Crippen LogP contribution in [-0.4, -0.2) is 25.7 Å². The molecule has 0 aliphatic carbocycles. The van der Waals surface area contributed by atoms with Gasteiger partial charge in [-0.1, -0.05) is 0 Å². The molecule has 1 aromatic heterocycles. The molecule has 0 atom stereocenters. The van der Waals surface area contributed by atoms with Crippen molar-refractivity contribution in [3.63, 3.8) is 0 Å². The zero-order chi connectivity index (χ0) is 11.4. The number of hydrogen-bond acceptors (Lipinski definition) is 6. The van der Waals surface area contributed by atoms with Gasteiger partial charge in [0, 0.05) is 5.38 Å². The van der Waals surface area contributed by atoms with Gasteiger partial charge in [-0.3, -0.25) is 0 Å². The number of anilines is 1. The summed E-state index contributed by atoms with van der Waals surface area (Å²) in [5, 5.41) is 1.49. The number of thiophene rings is 1. The maximum atomic E-state index is 11.3. The molecule has 5 nitrogen and oxygen atoms in total. The smallest absolute Gasteiger partial charge is 0.350 e. The molecule has 0 aliphatic rings. The van der Waals surface area contributed by atoms with E-state index in [9.17, 15) is 9.59 Å². The minimum Gasteiger partial charge on any atom is -0.465 e. The van der Waals surface area contributed by atoms with E-state index in [1.54, 1.807) is 6.92 Å². The Morgan fingerprint density at radius 2 is 2.13 bits per heavy atom. The molecule has 0 amide bonds. The fraction of sp³-hybridized carbons (Fsp3) is 0.333. The average molecular weight is 229 g/mol. The van der Waals surface area contributed by atoms with E-state index >= 15 is 0 Å². The molecule has 0 saturated heterocycles. The minimum atomic E-state index is -0.548. The third-order valence-corrected chi connectivity index (χ3v) is 2.67. The molecule has 0 saturated carbocycles. The third kappa shape index (κ3) is 2.27. The molecule has 0 spiro atoms. The Hall–Kier alpha value is -1.56. The Kier molecular flexibility index (Phi) is 3.68. The van der Waals surface area contributed by atoms with Gasteiger partial charge in [-0.15, -0.1) is 11.3 Å². The highest BCUT2D eigenvalue weighted by molar-refractivity contribution is 7.13.